The van der Waals surface area contributed by atoms with E-state index < -0.39 is 0 Å². The van der Waals surface area contributed by atoms with Gasteiger partial charge in [-0.2, -0.15) is 0 Å². The van der Waals surface area contributed by atoms with Crippen molar-refractivity contribution in [3.63, 3.8) is 0 Å². The van der Waals surface area contributed by atoms with Gasteiger partial charge in [0.15, 0.2) is 0 Å². The Balaban J connectivity index is 1.94. The Morgan fingerprint density at radius 3 is 2.20 bits per heavy atom. The molecule has 2 rings (SSSR count). The van der Waals surface area contributed by atoms with Crippen LogP contribution in [0.2, 0.25) is 0 Å². The van der Waals surface area contributed by atoms with Crippen molar-refractivity contribution in [1.82, 2.24) is 0 Å². The van der Waals surface area contributed by atoms with Crippen LogP contribution in [0.4, 0.5) is 0 Å². The van der Waals surface area contributed by atoms with Crippen molar-refractivity contribution in [2.24, 2.45) is 17.3 Å². The lowest BCUT2D eigenvalue weighted by Crippen LogP contribution is -2.50. The van der Waals surface area contributed by atoms with Gasteiger partial charge in [-0.25, -0.2) is 0 Å². The van der Waals surface area contributed by atoms with Gasteiger partial charge in [-0.1, -0.05) is 13.8 Å². The molecule has 0 atom stereocenters. The molecule has 1 saturated heterocycles. The third kappa shape index (κ3) is 2.36. The molecule has 2 heteroatoms. The Morgan fingerprint density at radius 1 is 1.20 bits per heavy atom. The first-order valence-corrected chi connectivity index (χ1v) is 6.38. The van der Waals surface area contributed by atoms with Crippen molar-refractivity contribution >= 4 is 0 Å². The molecule has 0 aromatic carbocycles. The second kappa shape index (κ2) is 4.42. The average Bonchev–Trinajstić information content (AvgIpc) is 2.13. The Morgan fingerprint density at radius 2 is 1.80 bits per heavy atom. The number of aliphatic hydroxyl groups is 1. The average molecular weight is 212 g/mol. The van der Waals surface area contributed by atoms with Crippen LogP contribution in [-0.4, -0.2) is 24.4 Å². The van der Waals surface area contributed by atoms with E-state index in [0.29, 0.717) is 5.41 Å². The molecule has 0 aromatic heterocycles. The molecule has 0 bridgehead atoms. The van der Waals surface area contributed by atoms with E-state index in [-0.39, 0.29) is 6.10 Å². The molecule has 1 aliphatic heterocycles. The second-order valence-corrected chi connectivity index (χ2v) is 5.96. The highest BCUT2D eigenvalue weighted by atomic mass is 16.5. The van der Waals surface area contributed by atoms with E-state index in [4.69, 9.17) is 4.74 Å². The predicted octanol–water partition coefficient (Wildman–Crippen LogP) is 2.60. The summed E-state index contributed by atoms with van der Waals surface area (Å²) in [7, 11) is 0. The van der Waals surface area contributed by atoms with Gasteiger partial charge in [-0.15, -0.1) is 0 Å². The summed E-state index contributed by atoms with van der Waals surface area (Å²) in [5.41, 5.74) is 0.467. The van der Waals surface area contributed by atoms with Crippen molar-refractivity contribution in [3.8, 4) is 0 Å². The van der Waals surface area contributed by atoms with E-state index in [1.807, 2.05) is 0 Å². The maximum absolute atomic E-state index is 9.53. The summed E-state index contributed by atoms with van der Waals surface area (Å²) < 4.78 is 5.46. The first-order valence-electron chi connectivity index (χ1n) is 6.38. The molecule has 0 amide bonds. The summed E-state index contributed by atoms with van der Waals surface area (Å²) in [5.74, 6) is 1.57. The second-order valence-electron chi connectivity index (χ2n) is 5.96. The van der Waals surface area contributed by atoms with Gasteiger partial charge in [0.2, 0.25) is 0 Å². The summed E-state index contributed by atoms with van der Waals surface area (Å²) in [6.07, 6.45) is 5.69. The van der Waals surface area contributed by atoms with Gasteiger partial charge in [0.1, 0.15) is 0 Å². The highest BCUT2D eigenvalue weighted by Crippen LogP contribution is 2.47. The lowest BCUT2D eigenvalue weighted by molar-refractivity contribution is -0.165. The molecule has 2 nitrogen and oxygen atoms in total. The lowest BCUT2D eigenvalue weighted by Gasteiger charge is -2.50. The van der Waals surface area contributed by atoms with E-state index >= 15 is 0 Å². The molecule has 0 spiro atoms. The van der Waals surface area contributed by atoms with Crippen molar-refractivity contribution in [2.75, 3.05) is 13.2 Å². The first-order chi connectivity index (χ1) is 7.12. The van der Waals surface area contributed by atoms with Gasteiger partial charge in [-0.3, -0.25) is 0 Å². The van der Waals surface area contributed by atoms with Gasteiger partial charge >= 0.3 is 0 Å². The van der Waals surface area contributed by atoms with Gasteiger partial charge in [0, 0.05) is 5.41 Å². The van der Waals surface area contributed by atoms with Crippen LogP contribution in [-0.2, 0) is 4.74 Å². The predicted molar refractivity (Wildman–Crippen MR) is 60.7 cm³/mol. The smallest absolute Gasteiger partial charge is 0.0547 e. The maximum atomic E-state index is 9.53. The molecule has 88 valence electrons. The minimum absolute atomic E-state index is 0.0293. The van der Waals surface area contributed by atoms with Crippen LogP contribution in [0.15, 0.2) is 0 Å². The summed E-state index contributed by atoms with van der Waals surface area (Å²) in [6, 6.07) is 0. The number of ether oxygens (including phenoxy) is 1. The maximum Gasteiger partial charge on any atom is 0.0547 e. The number of rotatable bonds is 3. The van der Waals surface area contributed by atoms with Crippen LogP contribution in [0.3, 0.4) is 0 Å². The Kier molecular flexibility index (Phi) is 3.36. The highest BCUT2D eigenvalue weighted by Gasteiger charge is 2.46. The SMILES string of the molecule is CC(C)CC1(C2CCC(O)CC2)COC1. The molecular formula is C13H24O2. The molecular weight excluding hydrogens is 188 g/mol. The third-order valence-electron chi connectivity index (χ3n) is 4.16. The molecule has 2 fully saturated rings. The van der Waals surface area contributed by atoms with Crippen LogP contribution in [0.1, 0.15) is 46.0 Å². The van der Waals surface area contributed by atoms with Crippen LogP contribution >= 0.6 is 0 Å². The zero-order valence-electron chi connectivity index (χ0n) is 10.0. The fourth-order valence-electron chi connectivity index (χ4n) is 3.39. The molecule has 15 heavy (non-hydrogen) atoms. The number of hydrogen-bond donors (Lipinski definition) is 1. The van der Waals surface area contributed by atoms with Crippen LogP contribution < -0.4 is 0 Å². The van der Waals surface area contributed by atoms with Crippen LogP contribution in [0, 0.1) is 17.3 Å². The number of aliphatic hydroxyl groups excluding tert-OH is 1. The molecule has 0 unspecified atom stereocenters. The zero-order chi connectivity index (χ0) is 10.9. The summed E-state index contributed by atoms with van der Waals surface area (Å²) in [4.78, 5) is 0. The van der Waals surface area contributed by atoms with E-state index in [2.05, 4.69) is 13.8 Å². The quantitative estimate of drug-likeness (QED) is 0.779. The monoisotopic (exact) mass is 212 g/mol. The Bertz CT molecular complexity index is 201. The summed E-state index contributed by atoms with van der Waals surface area (Å²) in [5, 5.41) is 9.53. The first kappa shape index (κ1) is 11.4. The minimum atomic E-state index is -0.0293. The Hall–Kier alpha value is -0.0800. The number of hydrogen-bond acceptors (Lipinski definition) is 2. The lowest BCUT2D eigenvalue weighted by atomic mass is 9.63. The van der Waals surface area contributed by atoms with Gasteiger partial charge in [-0.05, 0) is 43.9 Å². The molecule has 0 radical (unpaired) electrons. The zero-order valence-corrected chi connectivity index (χ0v) is 10.0. The van der Waals surface area contributed by atoms with E-state index in [9.17, 15) is 5.11 Å². The fourth-order valence-corrected chi connectivity index (χ4v) is 3.39. The fraction of sp³-hybridized carbons (Fsp3) is 1.00. The summed E-state index contributed by atoms with van der Waals surface area (Å²) >= 11 is 0. The topological polar surface area (TPSA) is 29.5 Å². The summed E-state index contributed by atoms with van der Waals surface area (Å²) in [6.45, 7) is 6.54. The molecule has 1 saturated carbocycles. The molecule has 0 aromatic rings. The highest BCUT2D eigenvalue weighted by molar-refractivity contribution is 4.94. The van der Waals surface area contributed by atoms with Crippen LogP contribution in [0.25, 0.3) is 0 Å². The normalized spacial score (nSPS) is 35.2. The van der Waals surface area contributed by atoms with Crippen molar-refractivity contribution < 1.29 is 9.84 Å². The van der Waals surface area contributed by atoms with Crippen molar-refractivity contribution in [1.29, 1.82) is 0 Å². The van der Waals surface area contributed by atoms with E-state index in [0.717, 1.165) is 37.9 Å². The van der Waals surface area contributed by atoms with Crippen LogP contribution in [0.5, 0.6) is 0 Å². The molecule has 2 aliphatic rings. The molecule has 1 aliphatic carbocycles. The van der Waals surface area contributed by atoms with Gasteiger partial charge in [0.05, 0.1) is 19.3 Å². The largest absolute Gasteiger partial charge is 0.393 e. The van der Waals surface area contributed by atoms with Crippen molar-refractivity contribution in [2.45, 2.75) is 52.1 Å². The Labute approximate surface area is 93.0 Å². The van der Waals surface area contributed by atoms with Gasteiger partial charge in [0.25, 0.3) is 0 Å². The third-order valence-corrected chi connectivity index (χ3v) is 4.16. The van der Waals surface area contributed by atoms with E-state index in [1.54, 1.807) is 0 Å². The van der Waals surface area contributed by atoms with Gasteiger partial charge < -0.3 is 9.84 Å². The standard InChI is InChI=1S/C13H24O2/c1-10(2)7-13(8-15-9-13)11-3-5-12(14)6-4-11/h10-12,14H,3-9H2,1-2H3. The van der Waals surface area contributed by atoms with Crippen molar-refractivity contribution in [3.05, 3.63) is 0 Å². The molecule has 1 heterocycles. The minimum Gasteiger partial charge on any atom is -0.393 e. The van der Waals surface area contributed by atoms with E-state index in [1.165, 1.54) is 19.3 Å². The molecule has 1 N–H and O–H groups in total.